The van der Waals surface area contributed by atoms with Gasteiger partial charge in [-0.25, -0.2) is 0 Å². The van der Waals surface area contributed by atoms with Gasteiger partial charge in [0.05, 0.1) is 25.1 Å². The Bertz CT molecular complexity index is 611. The van der Waals surface area contributed by atoms with Crippen LogP contribution in [0.2, 0.25) is 0 Å². The van der Waals surface area contributed by atoms with Gasteiger partial charge in [0, 0.05) is 25.0 Å². The first-order valence-corrected chi connectivity index (χ1v) is 7.13. The lowest BCUT2D eigenvalue weighted by atomic mass is 10.1. The van der Waals surface area contributed by atoms with Crippen molar-refractivity contribution >= 4 is 17.1 Å². The maximum absolute atomic E-state index is 9.10. The van der Waals surface area contributed by atoms with Crippen molar-refractivity contribution in [2.24, 2.45) is 10.2 Å². The van der Waals surface area contributed by atoms with Crippen LogP contribution in [0.1, 0.15) is 5.56 Å². The number of pyridine rings is 1. The zero-order valence-corrected chi connectivity index (χ0v) is 12.6. The summed E-state index contributed by atoms with van der Waals surface area (Å²) in [7, 11) is 0. The van der Waals surface area contributed by atoms with Crippen molar-refractivity contribution in [3.63, 3.8) is 0 Å². The molecule has 2 aromatic rings. The van der Waals surface area contributed by atoms with Crippen molar-refractivity contribution in [1.82, 2.24) is 4.98 Å². The molecule has 1 aromatic carbocycles. The highest BCUT2D eigenvalue weighted by molar-refractivity contribution is 5.57. The van der Waals surface area contributed by atoms with E-state index >= 15 is 0 Å². The van der Waals surface area contributed by atoms with E-state index in [4.69, 9.17) is 10.2 Å². The van der Waals surface area contributed by atoms with Crippen LogP contribution in [-0.4, -0.2) is 41.5 Å². The summed E-state index contributed by atoms with van der Waals surface area (Å²) in [6.45, 7) is 3.01. The van der Waals surface area contributed by atoms with Crippen LogP contribution in [0.5, 0.6) is 0 Å². The number of aryl methyl sites for hydroxylation is 1. The van der Waals surface area contributed by atoms with Crippen molar-refractivity contribution in [2.45, 2.75) is 6.92 Å². The minimum Gasteiger partial charge on any atom is -0.395 e. The molecule has 0 aliphatic carbocycles. The molecule has 0 atom stereocenters. The molecule has 0 aliphatic heterocycles. The molecule has 6 heteroatoms. The Balaban J connectivity index is 2.17. The summed E-state index contributed by atoms with van der Waals surface area (Å²) in [4.78, 5) is 5.92. The van der Waals surface area contributed by atoms with E-state index in [0.717, 1.165) is 16.9 Å². The van der Waals surface area contributed by atoms with E-state index in [9.17, 15) is 0 Å². The third-order valence-corrected chi connectivity index (χ3v) is 3.20. The SMILES string of the molecule is Cc1cc(N(CCO)CCO)ccc1N=Nc1cccnc1. The highest BCUT2D eigenvalue weighted by Crippen LogP contribution is 2.26. The van der Waals surface area contributed by atoms with Gasteiger partial charge in [-0.2, -0.15) is 5.11 Å². The number of anilines is 1. The molecule has 2 rings (SSSR count). The fourth-order valence-corrected chi connectivity index (χ4v) is 2.08. The Labute approximate surface area is 129 Å². The van der Waals surface area contributed by atoms with Crippen LogP contribution >= 0.6 is 0 Å². The zero-order chi connectivity index (χ0) is 15.8. The molecule has 0 aliphatic rings. The van der Waals surface area contributed by atoms with Gasteiger partial charge < -0.3 is 15.1 Å². The largest absolute Gasteiger partial charge is 0.395 e. The highest BCUT2D eigenvalue weighted by atomic mass is 16.3. The average molecular weight is 300 g/mol. The van der Waals surface area contributed by atoms with Gasteiger partial charge in [-0.3, -0.25) is 4.98 Å². The second-order valence-corrected chi connectivity index (χ2v) is 4.82. The number of hydrogen-bond acceptors (Lipinski definition) is 6. The minimum atomic E-state index is 0.0432. The topological polar surface area (TPSA) is 81.3 Å². The molecule has 1 aromatic heterocycles. The van der Waals surface area contributed by atoms with Gasteiger partial charge >= 0.3 is 0 Å². The van der Waals surface area contributed by atoms with E-state index in [1.807, 2.05) is 42.2 Å². The van der Waals surface area contributed by atoms with Crippen LogP contribution in [0.25, 0.3) is 0 Å². The minimum absolute atomic E-state index is 0.0432. The Kier molecular flexibility index (Phi) is 6.00. The van der Waals surface area contributed by atoms with E-state index in [0.29, 0.717) is 18.8 Å². The molecule has 0 saturated carbocycles. The van der Waals surface area contributed by atoms with E-state index in [-0.39, 0.29) is 13.2 Å². The van der Waals surface area contributed by atoms with Crippen LogP contribution in [0.3, 0.4) is 0 Å². The molecular formula is C16H20N4O2. The van der Waals surface area contributed by atoms with E-state index in [2.05, 4.69) is 15.2 Å². The fourth-order valence-electron chi connectivity index (χ4n) is 2.08. The molecule has 116 valence electrons. The molecule has 0 spiro atoms. The van der Waals surface area contributed by atoms with Gasteiger partial charge in [0.25, 0.3) is 0 Å². The maximum atomic E-state index is 9.10. The summed E-state index contributed by atoms with van der Waals surface area (Å²) in [5, 5.41) is 26.6. The molecule has 0 radical (unpaired) electrons. The third-order valence-electron chi connectivity index (χ3n) is 3.20. The van der Waals surface area contributed by atoms with Gasteiger partial charge in [0.2, 0.25) is 0 Å². The summed E-state index contributed by atoms with van der Waals surface area (Å²) in [5.41, 5.74) is 3.40. The van der Waals surface area contributed by atoms with Crippen molar-refractivity contribution in [3.8, 4) is 0 Å². The number of azo groups is 1. The van der Waals surface area contributed by atoms with Crippen LogP contribution in [-0.2, 0) is 0 Å². The predicted octanol–water partition coefficient (Wildman–Crippen LogP) is 2.60. The number of benzene rings is 1. The molecule has 22 heavy (non-hydrogen) atoms. The molecule has 0 unspecified atom stereocenters. The quantitative estimate of drug-likeness (QED) is 0.770. The van der Waals surface area contributed by atoms with Gasteiger partial charge in [0.1, 0.15) is 5.69 Å². The van der Waals surface area contributed by atoms with Gasteiger partial charge in [-0.15, -0.1) is 5.11 Å². The van der Waals surface area contributed by atoms with Crippen LogP contribution in [0.15, 0.2) is 53.0 Å². The van der Waals surface area contributed by atoms with Gasteiger partial charge in [0.15, 0.2) is 0 Å². The summed E-state index contributed by atoms with van der Waals surface area (Å²) >= 11 is 0. The van der Waals surface area contributed by atoms with E-state index in [1.54, 1.807) is 12.4 Å². The smallest absolute Gasteiger partial charge is 0.104 e. The Hall–Kier alpha value is -2.31. The molecule has 6 nitrogen and oxygen atoms in total. The Morgan fingerprint density at radius 2 is 1.86 bits per heavy atom. The molecule has 0 fully saturated rings. The summed E-state index contributed by atoms with van der Waals surface area (Å²) in [6.07, 6.45) is 3.34. The van der Waals surface area contributed by atoms with E-state index < -0.39 is 0 Å². The number of aliphatic hydroxyl groups excluding tert-OH is 2. The van der Waals surface area contributed by atoms with Crippen LogP contribution in [0, 0.1) is 6.92 Å². The third kappa shape index (κ3) is 4.34. The first kappa shape index (κ1) is 16.1. The number of aromatic nitrogens is 1. The van der Waals surface area contributed by atoms with Crippen molar-refractivity contribution in [3.05, 3.63) is 48.3 Å². The monoisotopic (exact) mass is 300 g/mol. The van der Waals surface area contributed by atoms with Crippen LogP contribution < -0.4 is 4.90 Å². The molecule has 1 heterocycles. The van der Waals surface area contributed by atoms with E-state index in [1.165, 1.54) is 0 Å². The number of rotatable bonds is 7. The van der Waals surface area contributed by atoms with Gasteiger partial charge in [-0.1, -0.05) is 0 Å². The maximum Gasteiger partial charge on any atom is 0.104 e. The van der Waals surface area contributed by atoms with Crippen LogP contribution in [0.4, 0.5) is 17.1 Å². The Morgan fingerprint density at radius 1 is 1.09 bits per heavy atom. The number of aliphatic hydroxyl groups is 2. The predicted molar refractivity (Wildman–Crippen MR) is 86.0 cm³/mol. The lowest BCUT2D eigenvalue weighted by Gasteiger charge is -2.23. The normalized spacial score (nSPS) is 11.0. The van der Waals surface area contributed by atoms with Crippen molar-refractivity contribution in [2.75, 3.05) is 31.2 Å². The van der Waals surface area contributed by atoms with Gasteiger partial charge in [-0.05, 0) is 42.8 Å². The first-order chi connectivity index (χ1) is 10.7. The molecular weight excluding hydrogens is 280 g/mol. The highest BCUT2D eigenvalue weighted by Gasteiger charge is 2.07. The number of hydrogen-bond donors (Lipinski definition) is 2. The standard InChI is InChI=1S/C16H20N4O2/c1-13-11-15(20(7-9-21)8-10-22)4-5-16(13)19-18-14-3-2-6-17-12-14/h2-6,11-12,21-22H,7-10H2,1H3. The molecule has 0 saturated heterocycles. The lowest BCUT2D eigenvalue weighted by molar-refractivity contribution is 0.281. The summed E-state index contributed by atoms with van der Waals surface area (Å²) < 4.78 is 0. The molecule has 2 N–H and O–H groups in total. The fraction of sp³-hybridized carbons (Fsp3) is 0.312. The second kappa shape index (κ2) is 8.21. The average Bonchev–Trinajstić information content (AvgIpc) is 2.54. The Morgan fingerprint density at radius 3 is 2.45 bits per heavy atom. The first-order valence-electron chi connectivity index (χ1n) is 7.13. The summed E-state index contributed by atoms with van der Waals surface area (Å²) in [6, 6.07) is 9.42. The second-order valence-electron chi connectivity index (χ2n) is 4.82. The van der Waals surface area contributed by atoms with Crippen molar-refractivity contribution in [1.29, 1.82) is 0 Å². The molecule has 0 bridgehead atoms. The lowest BCUT2D eigenvalue weighted by Crippen LogP contribution is -2.29. The zero-order valence-electron chi connectivity index (χ0n) is 12.6. The molecule has 0 amide bonds. The summed E-state index contributed by atoms with van der Waals surface area (Å²) in [5.74, 6) is 0. The van der Waals surface area contributed by atoms with Crippen molar-refractivity contribution < 1.29 is 10.2 Å². The number of nitrogens with zero attached hydrogens (tertiary/aromatic N) is 4.